The van der Waals surface area contributed by atoms with E-state index in [0.29, 0.717) is 13.0 Å². The van der Waals surface area contributed by atoms with Crippen molar-refractivity contribution in [1.29, 1.82) is 0 Å². The van der Waals surface area contributed by atoms with Gasteiger partial charge in [0.15, 0.2) is 0 Å². The monoisotopic (exact) mass is 258 g/mol. The minimum atomic E-state index is -2.59. The van der Waals surface area contributed by atoms with Gasteiger partial charge in [0.05, 0.1) is 0 Å². The standard InChI is InChI=1S/C11H16F2N4O/c12-10(13)17-8-5-14-9(17)3-4-15-11(18)16-6-1-2-7-16/h5,8,10H,1-4,6-7H2,(H,15,18). The van der Waals surface area contributed by atoms with Gasteiger partial charge in [-0.25, -0.2) is 9.78 Å². The van der Waals surface area contributed by atoms with Crippen molar-refractivity contribution in [2.24, 2.45) is 0 Å². The number of rotatable bonds is 4. The summed E-state index contributed by atoms with van der Waals surface area (Å²) in [6.07, 6.45) is 4.94. The number of imidazole rings is 1. The second-order valence-corrected chi connectivity index (χ2v) is 4.20. The third-order valence-electron chi connectivity index (χ3n) is 2.98. The molecule has 0 unspecified atom stereocenters. The minimum absolute atomic E-state index is 0.123. The fourth-order valence-corrected chi connectivity index (χ4v) is 2.03. The van der Waals surface area contributed by atoms with Crippen LogP contribution in [0.4, 0.5) is 13.6 Å². The zero-order valence-electron chi connectivity index (χ0n) is 9.98. The van der Waals surface area contributed by atoms with Crippen LogP contribution in [-0.2, 0) is 6.42 Å². The molecule has 0 radical (unpaired) electrons. The lowest BCUT2D eigenvalue weighted by molar-refractivity contribution is 0.0670. The van der Waals surface area contributed by atoms with Crippen LogP contribution in [0.3, 0.4) is 0 Å². The first-order chi connectivity index (χ1) is 8.68. The summed E-state index contributed by atoms with van der Waals surface area (Å²) in [5.74, 6) is 0.284. The summed E-state index contributed by atoms with van der Waals surface area (Å²) in [6.45, 7) is -0.717. The van der Waals surface area contributed by atoms with Gasteiger partial charge in [-0.05, 0) is 12.8 Å². The van der Waals surface area contributed by atoms with E-state index in [-0.39, 0.29) is 11.9 Å². The summed E-state index contributed by atoms with van der Waals surface area (Å²) in [5.41, 5.74) is 0. The maximum atomic E-state index is 12.5. The SMILES string of the molecule is O=C(NCCc1nccn1C(F)F)N1CCCC1. The molecule has 7 heteroatoms. The molecule has 0 aliphatic carbocycles. The van der Waals surface area contributed by atoms with Gasteiger partial charge in [-0.1, -0.05) is 0 Å². The topological polar surface area (TPSA) is 50.2 Å². The van der Waals surface area contributed by atoms with Crippen LogP contribution in [0.2, 0.25) is 0 Å². The highest BCUT2D eigenvalue weighted by atomic mass is 19.3. The van der Waals surface area contributed by atoms with Crippen LogP contribution in [0.1, 0.15) is 25.2 Å². The van der Waals surface area contributed by atoms with Crippen LogP contribution in [0.15, 0.2) is 12.4 Å². The molecular weight excluding hydrogens is 242 g/mol. The van der Waals surface area contributed by atoms with Crippen molar-refractivity contribution in [3.05, 3.63) is 18.2 Å². The number of nitrogens with one attached hydrogen (secondary N) is 1. The largest absolute Gasteiger partial charge is 0.338 e. The average molecular weight is 258 g/mol. The van der Waals surface area contributed by atoms with Crippen molar-refractivity contribution in [2.75, 3.05) is 19.6 Å². The normalized spacial score (nSPS) is 15.4. The summed E-state index contributed by atoms with van der Waals surface area (Å²) < 4.78 is 25.8. The Morgan fingerprint density at radius 2 is 2.17 bits per heavy atom. The maximum Gasteiger partial charge on any atom is 0.319 e. The molecule has 1 aliphatic rings. The number of alkyl halides is 2. The molecule has 2 amide bonds. The van der Waals surface area contributed by atoms with Gasteiger partial charge in [0.1, 0.15) is 5.82 Å². The Bertz CT molecular complexity index is 402. The summed E-state index contributed by atoms with van der Waals surface area (Å²) in [4.78, 5) is 17.2. The van der Waals surface area contributed by atoms with Gasteiger partial charge in [-0.15, -0.1) is 0 Å². The van der Waals surface area contributed by atoms with E-state index in [1.807, 2.05) is 0 Å². The lowest BCUT2D eigenvalue weighted by Crippen LogP contribution is -2.39. The molecule has 5 nitrogen and oxygen atoms in total. The molecule has 1 aromatic heterocycles. The van der Waals surface area contributed by atoms with E-state index >= 15 is 0 Å². The third-order valence-corrected chi connectivity index (χ3v) is 2.98. The van der Waals surface area contributed by atoms with Gasteiger partial charge < -0.3 is 10.2 Å². The lowest BCUT2D eigenvalue weighted by Gasteiger charge is -2.16. The smallest absolute Gasteiger partial charge is 0.319 e. The van der Waals surface area contributed by atoms with Crippen LogP contribution in [0.25, 0.3) is 0 Å². The Morgan fingerprint density at radius 3 is 2.83 bits per heavy atom. The number of hydrogen-bond acceptors (Lipinski definition) is 2. The van der Waals surface area contributed by atoms with Crippen molar-refractivity contribution in [3.63, 3.8) is 0 Å². The van der Waals surface area contributed by atoms with E-state index in [2.05, 4.69) is 10.3 Å². The maximum absolute atomic E-state index is 12.5. The first-order valence-corrected chi connectivity index (χ1v) is 6.01. The Balaban J connectivity index is 1.77. The highest BCUT2D eigenvalue weighted by molar-refractivity contribution is 5.74. The second-order valence-electron chi connectivity index (χ2n) is 4.20. The number of urea groups is 1. The number of halogens is 2. The van der Waals surface area contributed by atoms with Crippen molar-refractivity contribution in [2.45, 2.75) is 25.8 Å². The Kier molecular flexibility index (Phi) is 4.11. The van der Waals surface area contributed by atoms with E-state index in [4.69, 9.17) is 0 Å². The van der Waals surface area contributed by atoms with E-state index < -0.39 is 6.55 Å². The van der Waals surface area contributed by atoms with Gasteiger partial charge in [0, 0.05) is 38.4 Å². The van der Waals surface area contributed by atoms with Crippen LogP contribution in [0, 0.1) is 0 Å². The fraction of sp³-hybridized carbons (Fsp3) is 0.636. The first-order valence-electron chi connectivity index (χ1n) is 6.01. The molecule has 0 atom stereocenters. The van der Waals surface area contributed by atoms with Crippen LogP contribution >= 0.6 is 0 Å². The van der Waals surface area contributed by atoms with E-state index in [1.54, 1.807) is 4.90 Å². The van der Waals surface area contributed by atoms with Crippen molar-refractivity contribution in [1.82, 2.24) is 19.8 Å². The quantitative estimate of drug-likeness (QED) is 0.892. The molecule has 1 fully saturated rings. The van der Waals surface area contributed by atoms with Crippen LogP contribution < -0.4 is 5.32 Å². The van der Waals surface area contributed by atoms with Crippen molar-refractivity contribution in [3.8, 4) is 0 Å². The molecule has 0 aromatic carbocycles. The molecule has 1 saturated heterocycles. The Morgan fingerprint density at radius 1 is 1.44 bits per heavy atom. The van der Waals surface area contributed by atoms with Gasteiger partial charge in [-0.2, -0.15) is 8.78 Å². The minimum Gasteiger partial charge on any atom is -0.338 e. The summed E-state index contributed by atoms with van der Waals surface area (Å²) in [6, 6.07) is -0.123. The van der Waals surface area contributed by atoms with Crippen molar-refractivity contribution >= 4 is 6.03 Å². The van der Waals surface area contributed by atoms with E-state index in [0.717, 1.165) is 30.5 Å². The van der Waals surface area contributed by atoms with Gasteiger partial charge in [0.2, 0.25) is 0 Å². The van der Waals surface area contributed by atoms with Gasteiger partial charge in [-0.3, -0.25) is 4.57 Å². The molecule has 2 rings (SSSR count). The Hall–Kier alpha value is -1.66. The molecule has 2 heterocycles. The first kappa shape index (κ1) is 12.8. The van der Waals surface area contributed by atoms with Gasteiger partial charge >= 0.3 is 12.6 Å². The number of carbonyl (C=O) groups excluding carboxylic acids is 1. The van der Waals surface area contributed by atoms with Crippen LogP contribution in [-0.4, -0.2) is 40.1 Å². The number of likely N-dealkylation sites (tertiary alicyclic amines) is 1. The molecule has 1 aliphatic heterocycles. The summed E-state index contributed by atoms with van der Waals surface area (Å²) >= 11 is 0. The second kappa shape index (κ2) is 5.79. The number of amides is 2. The number of nitrogens with zero attached hydrogens (tertiary/aromatic N) is 3. The van der Waals surface area contributed by atoms with Crippen LogP contribution in [0.5, 0.6) is 0 Å². The molecule has 0 bridgehead atoms. The predicted molar refractivity (Wildman–Crippen MR) is 61.4 cm³/mol. The average Bonchev–Trinajstić information content (AvgIpc) is 2.99. The molecule has 18 heavy (non-hydrogen) atoms. The van der Waals surface area contributed by atoms with E-state index in [1.165, 1.54) is 12.4 Å². The van der Waals surface area contributed by atoms with Crippen molar-refractivity contribution < 1.29 is 13.6 Å². The zero-order chi connectivity index (χ0) is 13.0. The third kappa shape index (κ3) is 2.96. The molecule has 0 spiro atoms. The van der Waals surface area contributed by atoms with Gasteiger partial charge in [0.25, 0.3) is 0 Å². The number of carbonyl (C=O) groups is 1. The Labute approximate surface area is 104 Å². The number of hydrogen-bond donors (Lipinski definition) is 1. The summed E-state index contributed by atoms with van der Waals surface area (Å²) in [5, 5.41) is 2.72. The number of aromatic nitrogens is 2. The highest BCUT2D eigenvalue weighted by Gasteiger charge is 2.17. The molecule has 0 saturated carbocycles. The lowest BCUT2D eigenvalue weighted by atomic mass is 10.4. The zero-order valence-corrected chi connectivity index (χ0v) is 9.98. The fourth-order valence-electron chi connectivity index (χ4n) is 2.03. The highest BCUT2D eigenvalue weighted by Crippen LogP contribution is 2.12. The van der Waals surface area contributed by atoms with E-state index in [9.17, 15) is 13.6 Å². The molecule has 100 valence electrons. The molecule has 1 aromatic rings. The predicted octanol–water partition coefficient (Wildman–Crippen LogP) is 1.63. The summed E-state index contributed by atoms with van der Waals surface area (Å²) in [7, 11) is 0. The molecule has 1 N–H and O–H groups in total. The molecular formula is C11H16F2N4O.